The molecule has 0 aromatic heterocycles. The second-order valence-corrected chi connectivity index (χ2v) is 11.3. The van der Waals surface area contributed by atoms with Crippen molar-refractivity contribution in [3.63, 3.8) is 0 Å². The predicted octanol–water partition coefficient (Wildman–Crippen LogP) is 4.46. The number of carbonyl (C=O) groups is 2. The summed E-state index contributed by atoms with van der Waals surface area (Å²) in [6, 6.07) is 7.97. The molecule has 5 fully saturated rings. The van der Waals surface area contributed by atoms with E-state index in [1.165, 1.54) is 19.3 Å². The molecule has 6 rings (SSSR count). The normalized spacial score (nSPS) is 32.3. The van der Waals surface area contributed by atoms with Crippen molar-refractivity contribution in [3.8, 4) is 5.75 Å². The van der Waals surface area contributed by atoms with Gasteiger partial charge in [-0.05, 0) is 80.8 Å². The second-order valence-electron chi connectivity index (χ2n) is 11.3. The molecular weight excluding hydrogens is 400 g/mol. The first-order valence-electron chi connectivity index (χ1n) is 12.7. The summed E-state index contributed by atoms with van der Waals surface area (Å²) in [7, 11) is 0. The van der Waals surface area contributed by atoms with Gasteiger partial charge in [-0.1, -0.05) is 32.0 Å². The lowest BCUT2D eigenvalue weighted by Gasteiger charge is -2.57. The van der Waals surface area contributed by atoms with E-state index in [1.807, 2.05) is 30.0 Å². The fraction of sp³-hybridized carbons (Fsp3) is 0.704. The molecule has 1 aliphatic heterocycles. The Bertz CT molecular complexity index is 836. The summed E-state index contributed by atoms with van der Waals surface area (Å²) in [4.78, 5) is 30.6. The summed E-state index contributed by atoms with van der Waals surface area (Å²) >= 11 is 0. The summed E-state index contributed by atoms with van der Waals surface area (Å²) in [5, 5.41) is 0. The van der Waals surface area contributed by atoms with Crippen LogP contribution in [0.3, 0.4) is 0 Å². The molecule has 174 valence electrons. The molecule has 1 saturated heterocycles. The van der Waals surface area contributed by atoms with Crippen LogP contribution in [0.2, 0.25) is 0 Å². The largest absolute Gasteiger partial charge is 0.481 e. The average molecular weight is 439 g/mol. The zero-order chi connectivity index (χ0) is 22.5. The zero-order valence-corrected chi connectivity index (χ0v) is 19.9. The lowest BCUT2D eigenvalue weighted by Crippen LogP contribution is -2.59. The molecule has 1 unspecified atom stereocenters. The Balaban J connectivity index is 1.18. The number of hydrogen-bond donors (Lipinski definition) is 0. The highest BCUT2D eigenvalue weighted by Crippen LogP contribution is 2.60. The molecule has 5 nitrogen and oxygen atoms in total. The van der Waals surface area contributed by atoms with Crippen molar-refractivity contribution in [1.29, 1.82) is 0 Å². The quantitative estimate of drug-likeness (QED) is 0.682. The molecular formula is C27H38N2O3. The third-order valence-electron chi connectivity index (χ3n) is 8.56. The number of nitrogens with zero attached hydrogens (tertiary/aromatic N) is 2. The van der Waals surface area contributed by atoms with Gasteiger partial charge in [0.25, 0.3) is 5.91 Å². The molecule has 1 aromatic carbocycles. The zero-order valence-electron chi connectivity index (χ0n) is 19.9. The summed E-state index contributed by atoms with van der Waals surface area (Å²) in [5.74, 6) is 3.87. The van der Waals surface area contributed by atoms with Crippen molar-refractivity contribution in [2.45, 2.75) is 71.3 Å². The van der Waals surface area contributed by atoms with Crippen LogP contribution < -0.4 is 4.74 Å². The lowest BCUT2D eigenvalue weighted by atomic mass is 9.49. The van der Waals surface area contributed by atoms with E-state index in [0.717, 1.165) is 48.3 Å². The van der Waals surface area contributed by atoms with Crippen LogP contribution in [0.15, 0.2) is 24.3 Å². The fourth-order valence-electron chi connectivity index (χ4n) is 7.40. The van der Waals surface area contributed by atoms with Crippen LogP contribution in [-0.2, 0) is 9.59 Å². The van der Waals surface area contributed by atoms with Crippen LogP contribution in [-0.4, -0.2) is 53.9 Å². The van der Waals surface area contributed by atoms with Crippen LogP contribution in [0.25, 0.3) is 0 Å². The van der Waals surface area contributed by atoms with Crippen molar-refractivity contribution >= 4 is 11.8 Å². The molecule has 5 aliphatic rings. The van der Waals surface area contributed by atoms with E-state index in [0.29, 0.717) is 38.0 Å². The minimum Gasteiger partial charge on any atom is -0.481 e. The Morgan fingerprint density at radius 1 is 0.875 bits per heavy atom. The van der Waals surface area contributed by atoms with Crippen LogP contribution in [0, 0.1) is 23.2 Å². The van der Waals surface area contributed by atoms with Gasteiger partial charge in [-0.15, -0.1) is 0 Å². The van der Waals surface area contributed by atoms with Gasteiger partial charge in [-0.25, -0.2) is 0 Å². The minimum absolute atomic E-state index is 0.0189. The Kier molecular flexibility index (Phi) is 5.71. The number of piperazine rings is 1. The third kappa shape index (κ3) is 3.92. The van der Waals surface area contributed by atoms with Crippen LogP contribution in [0.5, 0.6) is 5.75 Å². The fourth-order valence-corrected chi connectivity index (χ4v) is 7.40. The number of rotatable bonds is 5. The van der Waals surface area contributed by atoms with Gasteiger partial charge in [0.2, 0.25) is 5.91 Å². The van der Waals surface area contributed by atoms with E-state index in [-0.39, 0.29) is 11.3 Å². The molecule has 0 N–H and O–H groups in total. The molecule has 4 saturated carbocycles. The molecule has 2 amide bonds. The summed E-state index contributed by atoms with van der Waals surface area (Å²) in [5.41, 5.74) is 1.04. The number of para-hydroxylation sites is 1. The third-order valence-corrected chi connectivity index (χ3v) is 8.56. The van der Waals surface area contributed by atoms with Crippen LogP contribution in [0.1, 0.15) is 70.8 Å². The van der Waals surface area contributed by atoms with E-state index >= 15 is 0 Å². The molecule has 0 radical (unpaired) electrons. The lowest BCUT2D eigenvalue weighted by molar-refractivity contribution is -0.161. The first-order chi connectivity index (χ1) is 15.3. The molecule has 5 heteroatoms. The Hall–Kier alpha value is -2.04. The highest BCUT2D eigenvalue weighted by Gasteiger charge is 2.55. The minimum atomic E-state index is -0.527. The first-order valence-corrected chi connectivity index (χ1v) is 12.7. The summed E-state index contributed by atoms with van der Waals surface area (Å²) in [6.07, 6.45) is 6.86. The van der Waals surface area contributed by atoms with E-state index in [4.69, 9.17) is 4.74 Å². The van der Waals surface area contributed by atoms with Crippen molar-refractivity contribution in [2.24, 2.45) is 23.2 Å². The van der Waals surface area contributed by atoms with Crippen LogP contribution >= 0.6 is 0 Å². The van der Waals surface area contributed by atoms with E-state index < -0.39 is 6.10 Å². The highest BCUT2D eigenvalue weighted by atomic mass is 16.5. The van der Waals surface area contributed by atoms with Gasteiger partial charge in [-0.3, -0.25) is 9.59 Å². The number of hydrogen-bond acceptors (Lipinski definition) is 3. The maximum absolute atomic E-state index is 13.6. The van der Waals surface area contributed by atoms with E-state index in [1.54, 1.807) is 0 Å². The van der Waals surface area contributed by atoms with Crippen LogP contribution in [0.4, 0.5) is 0 Å². The van der Waals surface area contributed by atoms with Gasteiger partial charge in [-0.2, -0.15) is 0 Å². The molecule has 1 heterocycles. The standard InChI is InChI=1S/C27H38N2O3/c1-18(2)23-6-4-5-7-24(23)32-19(3)25(30)28-8-10-29(11-9-28)26(31)27-15-20-12-21(16-27)14-22(13-20)17-27/h4-7,18-22H,8-17H2,1-3H3. The smallest absolute Gasteiger partial charge is 0.263 e. The second kappa shape index (κ2) is 8.39. The topological polar surface area (TPSA) is 49.9 Å². The number of ether oxygens (including phenoxy) is 1. The molecule has 4 bridgehead atoms. The van der Waals surface area contributed by atoms with Crippen molar-refractivity contribution in [3.05, 3.63) is 29.8 Å². The van der Waals surface area contributed by atoms with Crippen molar-refractivity contribution in [2.75, 3.05) is 26.2 Å². The van der Waals surface area contributed by atoms with Gasteiger partial charge in [0, 0.05) is 26.2 Å². The summed E-state index contributed by atoms with van der Waals surface area (Å²) in [6.45, 7) is 8.63. The summed E-state index contributed by atoms with van der Waals surface area (Å²) < 4.78 is 6.09. The molecule has 32 heavy (non-hydrogen) atoms. The molecule has 1 aromatic rings. The Morgan fingerprint density at radius 2 is 1.41 bits per heavy atom. The molecule has 4 aliphatic carbocycles. The van der Waals surface area contributed by atoms with E-state index in [2.05, 4.69) is 24.8 Å². The highest BCUT2D eigenvalue weighted by molar-refractivity contribution is 5.84. The monoisotopic (exact) mass is 438 g/mol. The number of benzene rings is 1. The predicted molar refractivity (Wildman–Crippen MR) is 124 cm³/mol. The van der Waals surface area contributed by atoms with Crippen molar-refractivity contribution in [1.82, 2.24) is 9.80 Å². The van der Waals surface area contributed by atoms with Crippen molar-refractivity contribution < 1.29 is 14.3 Å². The molecule has 0 spiro atoms. The Labute approximate surface area is 192 Å². The van der Waals surface area contributed by atoms with Gasteiger partial charge in [0.15, 0.2) is 6.10 Å². The van der Waals surface area contributed by atoms with Gasteiger partial charge < -0.3 is 14.5 Å². The SMILES string of the molecule is CC(Oc1ccccc1C(C)C)C(=O)N1CCN(C(=O)C23CC4CC(CC(C4)C2)C3)CC1. The maximum Gasteiger partial charge on any atom is 0.263 e. The first kappa shape index (κ1) is 21.8. The maximum atomic E-state index is 13.6. The van der Waals surface area contributed by atoms with Gasteiger partial charge in [0.1, 0.15) is 5.75 Å². The number of carbonyl (C=O) groups excluding carboxylic acids is 2. The number of amides is 2. The van der Waals surface area contributed by atoms with E-state index in [9.17, 15) is 9.59 Å². The average Bonchev–Trinajstić information content (AvgIpc) is 2.77. The van der Waals surface area contributed by atoms with Gasteiger partial charge in [0.05, 0.1) is 5.41 Å². The molecule has 1 atom stereocenters. The van der Waals surface area contributed by atoms with Gasteiger partial charge >= 0.3 is 0 Å². The Morgan fingerprint density at radius 3 is 1.97 bits per heavy atom.